The molecule has 1 aliphatic rings. The summed E-state index contributed by atoms with van der Waals surface area (Å²) in [5.41, 5.74) is 5.56. The Balaban J connectivity index is 2.75. The van der Waals surface area contributed by atoms with E-state index < -0.39 is 10.2 Å². The van der Waals surface area contributed by atoms with E-state index in [9.17, 15) is 8.42 Å². The third-order valence-corrected chi connectivity index (χ3v) is 5.09. The highest BCUT2D eigenvalue weighted by Crippen LogP contribution is 2.21. The SMILES string of the molecule is CN=C(N)NCC1CCCCN1S(=O)(=O)N(C)C. The van der Waals surface area contributed by atoms with Crippen molar-refractivity contribution in [2.45, 2.75) is 25.3 Å². The standard InChI is InChI=1S/C10H23N5O2S/c1-12-10(11)13-8-9-6-4-5-7-15(9)18(16,17)14(2)3/h9H,4-8H2,1-3H3,(H3,11,12,13). The number of guanidine groups is 1. The van der Waals surface area contributed by atoms with Crippen LogP contribution in [0.25, 0.3) is 0 Å². The lowest BCUT2D eigenvalue weighted by Crippen LogP contribution is -2.53. The molecule has 3 N–H and O–H groups in total. The summed E-state index contributed by atoms with van der Waals surface area (Å²) in [5, 5.41) is 2.95. The van der Waals surface area contributed by atoms with Crippen molar-refractivity contribution in [3.05, 3.63) is 0 Å². The lowest BCUT2D eigenvalue weighted by molar-refractivity contribution is 0.240. The fourth-order valence-electron chi connectivity index (χ4n) is 1.99. The maximum Gasteiger partial charge on any atom is 0.281 e. The highest BCUT2D eigenvalue weighted by Gasteiger charge is 2.33. The molecular formula is C10H23N5O2S. The molecule has 0 aliphatic carbocycles. The maximum absolute atomic E-state index is 12.2. The Kier molecular flexibility index (Phi) is 5.36. The summed E-state index contributed by atoms with van der Waals surface area (Å²) < 4.78 is 27.1. The van der Waals surface area contributed by atoms with Crippen molar-refractivity contribution in [3.8, 4) is 0 Å². The van der Waals surface area contributed by atoms with E-state index in [1.54, 1.807) is 25.4 Å². The van der Waals surface area contributed by atoms with Crippen LogP contribution in [-0.4, -0.2) is 63.3 Å². The van der Waals surface area contributed by atoms with Gasteiger partial charge in [0.1, 0.15) is 0 Å². The Hall–Kier alpha value is -0.860. The molecule has 1 unspecified atom stereocenters. The van der Waals surface area contributed by atoms with Gasteiger partial charge in [-0.15, -0.1) is 0 Å². The van der Waals surface area contributed by atoms with Gasteiger partial charge in [-0.1, -0.05) is 6.42 Å². The smallest absolute Gasteiger partial charge is 0.281 e. The number of nitrogens with one attached hydrogen (secondary N) is 1. The second kappa shape index (κ2) is 6.35. The van der Waals surface area contributed by atoms with Gasteiger partial charge in [0.05, 0.1) is 0 Å². The second-order valence-electron chi connectivity index (χ2n) is 4.54. The quantitative estimate of drug-likeness (QED) is 0.519. The van der Waals surface area contributed by atoms with Crippen LogP contribution < -0.4 is 11.1 Å². The monoisotopic (exact) mass is 277 g/mol. The number of aliphatic imine (C=N–C) groups is 1. The van der Waals surface area contributed by atoms with E-state index in [4.69, 9.17) is 5.73 Å². The highest BCUT2D eigenvalue weighted by molar-refractivity contribution is 7.86. The van der Waals surface area contributed by atoms with Gasteiger partial charge in [-0.3, -0.25) is 4.99 Å². The van der Waals surface area contributed by atoms with Crippen LogP contribution in [0.4, 0.5) is 0 Å². The second-order valence-corrected chi connectivity index (χ2v) is 6.64. The zero-order chi connectivity index (χ0) is 13.8. The fourth-order valence-corrected chi connectivity index (χ4v) is 3.33. The molecule has 0 spiro atoms. The van der Waals surface area contributed by atoms with Gasteiger partial charge >= 0.3 is 0 Å². The van der Waals surface area contributed by atoms with Gasteiger partial charge in [0, 0.05) is 40.3 Å². The molecule has 8 heteroatoms. The van der Waals surface area contributed by atoms with Crippen LogP contribution in [-0.2, 0) is 10.2 Å². The molecule has 0 aromatic heterocycles. The van der Waals surface area contributed by atoms with Gasteiger partial charge in [-0.05, 0) is 12.8 Å². The normalized spacial score (nSPS) is 23.3. The van der Waals surface area contributed by atoms with E-state index in [0.717, 1.165) is 19.3 Å². The van der Waals surface area contributed by atoms with Crippen LogP contribution in [0.15, 0.2) is 4.99 Å². The van der Waals surface area contributed by atoms with Crippen LogP contribution in [0.2, 0.25) is 0 Å². The Morgan fingerprint density at radius 1 is 1.50 bits per heavy atom. The van der Waals surface area contributed by atoms with Crippen LogP contribution in [0.1, 0.15) is 19.3 Å². The first-order valence-electron chi connectivity index (χ1n) is 6.05. The van der Waals surface area contributed by atoms with Crippen LogP contribution >= 0.6 is 0 Å². The third-order valence-electron chi connectivity index (χ3n) is 3.09. The largest absolute Gasteiger partial charge is 0.370 e. The van der Waals surface area contributed by atoms with Gasteiger partial charge in [-0.2, -0.15) is 17.0 Å². The van der Waals surface area contributed by atoms with Crippen molar-refractivity contribution in [1.29, 1.82) is 0 Å². The zero-order valence-corrected chi connectivity index (χ0v) is 12.1. The van der Waals surface area contributed by atoms with Gasteiger partial charge in [0.25, 0.3) is 10.2 Å². The number of nitrogens with zero attached hydrogens (tertiary/aromatic N) is 3. The van der Waals surface area contributed by atoms with Crippen LogP contribution in [0.5, 0.6) is 0 Å². The molecule has 1 atom stereocenters. The molecule has 1 saturated heterocycles. The molecule has 1 aliphatic heterocycles. The summed E-state index contributed by atoms with van der Waals surface area (Å²) in [7, 11) is 1.34. The first-order chi connectivity index (χ1) is 8.39. The first kappa shape index (κ1) is 15.2. The molecule has 0 amide bonds. The predicted molar refractivity (Wildman–Crippen MR) is 72.5 cm³/mol. The van der Waals surface area contributed by atoms with Crippen molar-refractivity contribution >= 4 is 16.2 Å². The molecule has 0 aromatic rings. The van der Waals surface area contributed by atoms with Gasteiger partial charge < -0.3 is 11.1 Å². The van der Waals surface area contributed by atoms with Crippen molar-refractivity contribution in [2.75, 3.05) is 34.2 Å². The summed E-state index contributed by atoms with van der Waals surface area (Å²) in [6.07, 6.45) is 2.78. The summed E-state index contributed by atoms with van der Waals surface area (Å²) in [4.78, 5) is 3.80. The van der Waals surface area contributed by atoms with E-state index >= 15 is 0 Å². The van der Waals surface area contributed by atoms with E-state index in [1.165, 1.54) is 4.31 Å². The molecule has 18 heavy (non-hydrogen) atoms. The lowest BCUT2D eigenvalue weighted by atomic mass is 10.1. The molecule has 1 fully saturated rings. The molecule has 1 rings (SSSR count). The molecular weight excluding hydrogens is 254 g/mol. The van der Waals surface area contributed by atoms with E-state index in [-0.39, 0.29) is 6.04 Å². The Bertz CT molecular complexity index is 393. The summed E-state index contributed by atoms with van der Waals surface area (Å²) in [5.74, 6) is 0.336. The topological polar surface area (TPSA) is 91.0 Å². The average molecular weight is 277 g/mol. The third kappa shape index (κ3) is 3.56. The number of hydrogen-bond acceptors (Lipinski definition) is 3. The minimum atomic E-state index is -3.36. The van der Waals surface area contributed by atoms with Crippen LogP contribution in [0, 0.1) is 0 Å². The van der Waals surface area contributed by atoms with Crippen LogP contribution in [0.3, 0.4) is 0 Å². The predicted octanol–water partition coefficient (Wildman–Crippen LogP) is -0.819. The average Bonchev–Trinajstić information content (AvgIpc) is 2.35. The highest BCUT2D eigenvalue weighted by atomic mass is 32.2. The molecule has 0 aromatic carbocycles. The molecule has 106 valence electrons. The number of rotatable bonds is 4. The Morgan fingerprint density at radius 3 is 2.72 bits per heavy atom. The van der Waals surface area contributed by atoms with Gasteiger partial charge in [-0.25, -0.2) is 0 Å². The molecule has 0 radical (unpaired) electrons. The minimum Gasteiger partial charge on any atom is -0.370 e. The zero-order valence-electron chi connectivity index (χ0n) is 11.3. The van der Waals surface area contributed by atoms with Crippen molar-refractivity contribution in [1.82, 2.24) is 13.9 Å². The lowest BCUT2D eigenvalue weighted by Gasteiger charge is -2.36. The number of nitrogens with two attached hydrogens (primary N) is 1. The van der Waals surface area contributed by atoms with E-state index in [0.29, 0.717) is 19.0 Å². The summed E-state index contributed by atoms with van der Waals surface area (Å²) in [6.45, 7) is 1.06. The summed E-state index contributed by atoms with van der Waals surface area (Å²) >= 11 is 0. The number of hydrogen-bond donors (Lipinski definition) is 2. The Morgan fingerprint density at radius 2 is 2.17 bits per heavy atom. The molecule has 1 heterocycles. The van der Waals surface area contributed by atoms with E-state index in [2.05, 4.69) is 10.3 Å². The molecule has 0 bridgehead atoms. The maximum atomic E-state index is 12.2. The van der Waals surface area contributed by atoms with Gasteiger partial charge in [0.15, 0.2) is 5.96 Å². The minimum absolute atomic E-state index is 0.0635. The Labute approximate surface area is 109 Å². The molecule has 0 saturated carbocycles. The van der Waals surface area contributed by atoms with Crippen molar-refractivity contribution in [3.63, 3.8) is 0 Å². The van der Waals surface area contributed by atoms with Crippen molar-refractivity contribution < 1.29 is 8.42 Å². The first-order valence-corrected chi connectivity index (χ1v) is 7.44. The fraction of sp³-hybridized carbons (Fsp3) is 0.900. The molecule has 7 nitrogen and oxygen atoms in total. The van der Waals surface area contributed by atoms with Gasteiger partial charge in [0.2, 0.25) is 0 Å². The summed E-state index contributed by atoms with van der Waals surface area (Å²) in [6, 6.07) is -0.0635. The number of piperidine rings is 1. The van der Waals surface area contributed by atoms with Crippen molar-refractivity contribution in [2.24, 2.45) is 10.7 Å². The van der Waals surface area contributed by atoms with E-state index in [1.807, 2.05) is 0 Å².